The Morgan fingerprint density at radius 1 is 1.22 bits per heavy atom. The molecule has 2 heterocycles. The Kier molecular flexibility index (Phi) is 8.65. The average molecular weight is 421 g/mol. The van der Waals surface area contributed by atoms with Crippen molar-refractivity contribution in [2.45, 2.75) is 56.0 Å². The summed E-state index contributed by atoms with van der Waals surface area (Å²) in [7, 11) is 1.36. The molecule has 0 aromatic carbocycles. The summed E-state index contributed by atoms with van der Waals surface area (Å²) in [6.45, 7) is 2.03. The molecule has 1 atom stereocenters. The molecule has 3 aliphatic rings. The maximum absolute atomic E-state index is 11.7. The van der Waals surface area contributed by atoms with Crippen molar-refractivity contribution in [1.29, 1.82) is 0 Å². The van der Waals surface area contributed by atoms with Crippen LogP contribution in [-0.4, -0.2) is 66.3 Å². The Bertz CT molecular complexity index is 551. The van der Waals surface area contributed by atoms with Gasteiger partial charge in [0.15, 0.2) is 5.04 Å². The lowest BCUT2D eigenvalue weighted by molar-refractivity contribution is -0.148. The molecule has 27 heavy (non-hydrogen) atoms. The number of hydrazone groups is 1. The molecule has 0 aromatic heterocycles. The van der Waals surface area contributed by atoms with Crippen molar-refractivity contribution in [2.75, 3.05) is 26.8 Å². The van der Waals surface area contributed by atoms with E-state index in [1.165, 1.54) is 18.9 Å². The number of primary amides is 1. The normalized spacial score (nSPS) is 29.0. The molecule has 1 aliphatic carbocycles. The van der Waals surface area contributed by atoms with Crippen LogP contribution in [0.15, 0.2) is 5.10 Å². The molecule has 0 bridgehead atoms. The standard InChI is InChI=1S/C17H28N4O4S.ClH/c1-24-14(22)10-25-13-4-2-12(3-5-13)21-17(11-6-8-19-9-7-11)26-16(20-21)15(18)23;/h11-13,17,19H,2-10H2,1H3,(H2,18,23);1H. The van der Waals surface area contributed by atoms with E-state index in [-0.39, 0.29) is 42.5 Å². The SMILES string of the molecule is COC(=O)COC1CCC(N2N=C(C(N)=O)SC2C2CCNCC2)CC1.Cl. The number of thioether (sulfide) groups is 1. The van der Waals surface area contributed by atoms with Gasteiger partial charge >= 0.3 is 5.97 Å². The van der Waals surface area contributed by atoms with Crippen LogP contribution < -0.4 is 11.1 Å². The third-order valence-electron chi connectivity index (χ3n) is 5.38. The second kappa shape index (κ2) is 10.5. The number of amides is 1. The number of methoxy groups -OCH3 is 1. The first-order valence-electron chi connectivity index (χ1n) is 9.31. The lowest BCUT2D eigenvalue weighted by Gasteiger charge is -2.39. The number of hydrogen-bond acceptors (Lipinski definition) is 8. The van der Waals surface area contributed by atoms with E-state index in [9.17, 15) is 9.59 Å². The van der Waals surface area contributed by atoms with Gasteiger partial charge in [0, 0.05) is 6.04 Å². The zero-order chi connectivity index (χ0) is 18.5. The molecular formula is C17H29ClN4O4S. The Hall–Kier alpha value is -1.03. The Labute approximate surface area is 170 Å². The van der Waals surface area contributed by atoms with E-state index in [4.69, 9.17) is 10.5 Å². The van der Waals surface area contributed by atoms with Crippen LogP contribution in [0.4, 0.5) is 0 Å². The quantitative estimate of drug-likeness (QED) is 0.619. The van der Waals surface area contributed by atoms with Gasteiger partial charge in [0.2, 0.25) is 0 Å². The fraction of sp³-hybridized carbons (Fsp3) is 0.824. The maximum Gasteiger partial charge on any atom is 0.331 e. The van der Waals surface area contributed by atoms with E-state index in [1.54, 1.807) is 0 Å². The molecule has 1 unspecified atom stereocenters. The number of nitrogens with zero attached hydrogens (tertiary/aromatic N) is 2. The minimum atomic E-state index is -0.438. The van der Waals surface area contributed by atoms with Gasteiger partial charge in [0.05, 0.1) is 13.2 Å². The maximum atomic E-state index is 11.7. The van der Waals surface area contributed by atoms with Crippen LogP contribution in [0, 0.1) is 5.92 Å². The van der Waals surface area contributed by atoms with Crippen LogP contribution >= 0.6 is 24.2 Å². The third-order valence-corrected chi connectivity index (χ3v) is 6.73. The fourth-order valence-electron chi connectivity index (χ4n) is 3.91. The first-order chi connectivity index (χ1) is 12.6. The minimum Gasteiger partial charge on any atom is -0.467 e. The van der Waals surface area contributed by atoms with Crippen LogP contribution in [0.25, 0.3) is 0 Å². The monoisotopic (exact) mass is 420 g/mol. The minimum absolute atomic E-state index is 0. The zero-order valence-corrected chi connectivity index (χ0v) is 17.2. The number of nitrogens with two attached hydrogens (primary N) is 1. The van der Waals surface area contributed by atoms with Gasteiger partial charge in [0.25, 0.3) is 5.91 Å². The Balaban J connectivity index is 0.00000261. The number of rotatable bonds is 6. The highest BCUT2D eigenvalue weighted by Gasteiger charge is 2.40. The molecule has 3 rings (SSSR count). The van der Waals surface area contributed by atoms with E-state index >= 15 is 0 Å². The van der Waals surface area contributed by atoms with Gasteiger partial charge in [-0.05, 0) is 57.5 Å². The second-order valence-electron chi connectivity index (χ2n) is 7.06. The van der Waals surface area contributed by atoms with E-state index in [1.807, 2.05) is 0 Å². The van der Waals surface area contributed by atoms with Crippen molar-refractivity contribution < 1.29 is 19.1 Å². The van der Waals surface area contributed by atoms with Crippen LogP contribution in [-0.2, 0) is 19.1 Å². The number of esters is 1. The topological polar surface area (TPSA) is 106 Å². The summed E-state index contributed by atoms with van der Waals surface area (Å²) >= 11 is 1.53. The predicted molar refractivity (Wildman–Crippen MR) is 107 cm³/mol. The summed E-state index contributed by atoms with van der Waals surface area (Å²) in [5.74, 6) is -0.272. The number of ether oxygens (including phenoxy) is 2. The van der Waals surface area contributed by atoms with Crippen molar-refractivity contribution >= 4 is 41.1 Å². The summed E-state index contributed by atoms with van der Waals surface area (Å²) in [4.78, 5) is 22.9. The Morgan fingerprint density at radius 3 is 2.48 bits per heavy atom. The van der Waals surface area contributed by atoms with Gasteiger partial charge in [-0.1, -0.05) is 11.8 Å². The molecule has 2 fully saturated rings. The van der Waals surface area contributed by atoms with E-state index in [0.717, 1.165) is 51.6 Å². The van der Waals surface area contributed by atoms with Gasteiger partial charge in [-0.25, -0.2) is 4.79 Å². The van der Waals surface area contributed by atoms with Crippen molar-refractivity contribution in [3.63, 3.8) is 0 Å². The number of carbonyl (C=O) groups excluding carboxylic acids is 2. The van der Waals surface area contributed by atoms with Gasteiger partial charge < -0.3 is 20.5 Å². The van der Waals surface area contributed by atoms with Gasteiger partial charge in [0.1, 0.15) is 12.0 Å². The largest absolute Gasteiger partial charge is 0.467 e. The number of piperidine rings is 1. The van der Waals surface area contributed by atoms with Crippen LogP contribution in [0.2, 0.25) is 0 Å². The number of halogens is 1. The summed E-state index contributed by atoms with van der Waals surface area (Å²) in [5, 5.41) is 10.7. The van der Waals surface area contributed by atoms with Crippen molar-refractivity contribution in [3.8, 4) is 0 Å². The second-order valence-corrected chi connectivity index (χ2v) is 8.17. The van der Waals surface area contributed by atoms with Crippen LogP contribution in [0.3, 0.4) is 0 Å². The molecular weight excluding hydrogens is 392 g/mol. The van der Waals surface area contributed by atoms with E-state index in [0.29, 0.717) is 11.0 Å². The van der Waals surface area contributed by atoms with Crippen LogP contribution in [0.5, 0.6) is 0 Å². The van der Waals surface area contributed by atoms with Crippen molar-refractivity contribution in [3.05, 3.63) is 0 Å². The summed E-state index contributed by atoms with van der Waals surface area (Å²) in [5.41, 5.74) is 5.49. The number of hydrogen-bond donors (Lipinski definition) is 2. The average Bonchev–Trinajstić information content (AvgIpc) is 3.13. The lowest BCUT2D eigenvalue weighted by Crippen LogP contribution is -2.45. The van der Waals surface area contributed by atoms with Gasteiger partial charge in [-0.2, -0.15) is 5.10 Å². The van der Waals surface area contributed by atoms with Gasteiger partial charge in [-0.3, -0.25) is 9.80 Å². The summed E-state index contributed by atoms with van der Waals surface area (Å²) < 4.78 is 10.3. The molecule has 154 valence electrons. The molecule has 3 N–H and O–H groups in total. The number of carbonyl (C=O) groups is 2. The molecule has 0 radical (unpaired) electrons. The summed E-state index contributed by atoms with van der Waals surface area (Å²) in [6, 6.07) is 0.289. The molecule has 2 aliphatic heterocycles. The van der Waals surface area contributed by atoms with Crippen LogP contribution in [0.1, 0.15) is 38.5 Å². The highest BCUT2D eigenvalue weighted by molar-refractivity contribution is 8.16. The highest BCUT2D eigenvalue weighted by Crippen LogP contribution is 2.40. The first-order valence-corrected chi connectivity index (χ1v) is 10.2. The molecule has 1 saturated heterocycles. The molecule has 1 amide bonds. The molecule has 0 aromatic rings. The smallest absolute Gasteiger partial charge is 0.331 e. The van der Waals surface area contributed by atoms with E-state index < -0.39 is 5.91 Å². The number of nitrogens with one attached hydrogen (secondary N) is 1. The predicted octanol–water partition coefficient (Wildman–Crippen LogP) is 1.08. The fourth-order valence-corrected chi connectivity index (χ4v) is 5.19. The van der Waals surface area contributed by atoms with Crippen molar-refractivity contribution in [1.82, 2.24) is 10.3 Å². The summed E-state index contributed by atoms with van der Waals surface area (Å²) in [6.07, 6.45) is 5.89. The van der Waals surface area contributed by atoms with E-state index in [2.05, 4.69) is 20.2 Å². The highest BCUT2D eigenvalue weighted by atomic mass is 35.5. The molecule has 10 heteroatoms. The molecule has 1 saturated carbocycles. The molecule has 0 spiro atoms. The third kappa shape index (κ3) is 5.73. The Morgan fingerprint density at radius 2 is 1.89 bits per heavy atom. The molecule has 8 nitrogen and oxygen atoms in total. The lowest BCUT2D eigenvalue weighted by atomic mass is 9.91. The zero-order valence-electron chi connectivity index (χ0n) is 15.6. The van der Waals surface area contributed by atoms with Gasteiger partial charge in [-0.15, -0.1) is 12.4 Å². The van der Waals surface area contributed by atoms with Crippen molar-refractivity contribution in [2.24, 2.45) is 16.8 Å². The first kappa shape index (κ1) is 22.3.